The van der Waals surface area contributed by atoms with Crippen molar-refractivity contribution in [3.05, 3.63) is 24.0 Å². The van der Waals surface area contributed by atoms with Gasteiger partial charge in [-0.1, -0.05) is 19.6 Å². The first-order valence-electron chi connectivity index (χ1n) is 7.91. The van der Waals surface area contributed by atoms with Crippen LogP contribution in [0.25, 0.3) is 0 Å². The van der Waals surface area contributed by atoms with Gasteiger partial charge in [0.2, 0.25) is 0 Å². The zero-order valence-corrected chi connectivity index (χ0v) is 14.6. The Morgan fingerprint density at radius 2 is 2.15 bits per heavy atom. The van der Waals surface area contributed by atoms with E-state index >= 15 is 0 Å². The first kappa shape index (κ1) is 15.8. The van der Waals surface area contributed by atoms with Gasteiger partial charge in [0.15, 0.2) is 0 Å². The maximum atomic E-state index is 5.87. The van der Waals surface area contributed by atoms with E-state index < -0.39 is 8.07 Å². The van der Waals surface area contributed by atoms with Gasteiger partial charge in [0.25, 0.3) is 0 Å². The maximum Gasteiger partial charge on any atom is 0.122 e. The molecule has 1 aliphatic heterocycles. The lowest BCUT2D eigenvalue weighted by atomic mass is 10.2. The van der Waals surface area contributed by atoms with Crippen LogP contribution < -0.4 is 0 Å². The molecule has 0 saturated carbocycles. The minimum absolute atomic E-state index is 0.703. The van der Waals surface area contributed by atoms with Crippen LogP contribution in [-0.4, -0.2) is 36.7 Å². The van der Waals surface area contributed by atoms with Crippen LogP contribution in [0.2, 0.25) is 25.7 Å². The molecule has 1 saturated heterocycles. The molecular formula is C16H30N2OSi. The van der Waals surface area contributed by atoms with E-state index in [2.05, 4.69) is 54.4 Å². The summed E-state index contributed by atoms with van der Waals surface area (Å²) in [4.78, 5) is 2.58. The lowest BCUT2D eigenvalue weighted by molar-refractivity contribution is 0.0834. The molecule has 0 bridgehead atoms. The minimum Gasteiger partial charge on any atom is -0.361 e. The number of hydrogen-bond acceptors (Lipinski definition) is 2. The summed E-state index contributed by atoms with van der Waals surface area (Å²) in [5, 5.41) is 0. The van der Waals surface area contributed by atoms with Crippen LogP contribution in [0.1, 0.15) is 25.5 Å². The van der Waals surface area contributed by atoms with E-state index in [1.165, 1.54) is 31.1 Å². The summed E-state index contributed by atoms with van der Waals surface area (Å²) in [7, 11) is -0.974. The van der Waals surface area contributed by atoms with Gasteiger partial charge in [0.05, 0.1) is 0 Å². The van der Waals surface area contributed by atoms with Crippen molar-refractivity contribution in [2.45, 2.75) is 64.8 Å². The molecule has 1 aromatic heterocycles. The van der Waals surface area contributed by atoms with Gasteiger partial charge in [-0.25, -0.2) is 0 Å². The second kappa shape index (κ2) is 6.92. The van der Waals surface area contributed by atoms with E-state index in [4.69, 9.17) is 4.74 Å². The van der Waals surface area contributed by atoms with Crippen molar-refractivity contribution in [1.29, 1.82) is 0 Å². The smallest absolute Gasteiger partial charge is 0.122 e. The predicted octanol–water partition coefficient (Wildman–Crippen LogP) is 3.78. The van der Waals surface area contributed by atoms with Gasteiger partial charge in [0.1, 0.15) is 6.73 Å². The SMILES string of the molecule is C[C@H]1CCCN1Cc1cccn1COCC[Si](C)(C)C. The Morgan fingerprint density at radius 1 is 1.35 bits per heavy atom. The van der Waals surface area contributed by atoms with E-state index in [0.29, 0.717) is 6.73 Å². The van der Waals surface area contributed by atoms with Gasteiger partial charge in [-0.05, 0) is 44.5 Å². The highest BCUT2D eigenvalue weighted by Crippen LogP contribution is 2.19. The number of aromatic nitrogens is 1. The molecule has 0 unspecified atom stereocenters. The summed E-state index contributed by atoms with van der Waals surface area (Å²) in [6, 6.07) is 6.34. The Kier molecular flexibility index (Phi) is 5.47. The zero-order chi connectivity index (χ0) is 14.6. The largest absolute Gasteiger partial charge is 0.361 e. The van der Waals surface area contributed by atoms with Crippen molar-refractivity contribution in [3.8, 4) is 0 Å². The predicted molar refractivity (Wildman–Crippen MR) is 87.6 cm³/mol. The third-order valence-electron chi connectivity index (χ3n) is 4.21. The summed E-state index contributed by atoms with van der Waals surface area (Å²) in [5.41, 5.74) is 1.38. The fraction of sp³-hybridized carbons (Fsp3) is 0.750. The number of nitrogens with zero attached hydrogens (tertiary/aromatic N) is 2. The van der Waals surface area contributed by atoms with E-state index in [-0.39, 0.29) is 0 Å². The quantitative estimate of drug-likeness (QED) is 0.562. The van der Waals surface area contributed by atoms with Crippen molar-refractivity contribution in [3.63, 3.8) is 0 Å². The Hall–Kier alpha value is -0.583. The van der Waals surface area contributed by atoms with Crippen LogP contribution in [0.15, 0.2) is 18.3 Å². The highest BCUT2D eigenvalue weighted by molar-refractivity contribution is 6.76. The van der Waals surface area contributed by atoms with Crippen LogP contribution in [0.5, 0.6) is 0 Å². The lowest BCUT2D eigenvalue weighted by Crippen LogP contribution is -2.27. The normalized spacial score (nSPS) is 20.7. The summed E-state index contributed by atoms with van der Waals surface area (Å²) in [6.45, 7) is 13.4. The van der Waals surface area contributed by atoms with Crippen LogP contribution in [0.3, 0.4) is 0 Å². The second-order valence-electron chi connectivity index (χ2n) is 7.28. The second-order valence-corrected chi connectivity index (χ2v) is 12.9. The number of ether oxygens (including phenoxy) is 1. The number of hydrogen-bond donors (Lipinski definition) is 0. The molecule has 20 heavy (non-hydrogen) atoms. The molecule has 2 heterocycles. The van der Waals surface area contributed by atoms with Crippen LogP contribution in [0.4, 0.5) is 0 Å². The molecule has 2 rings (SSSR count). The highest BCUT2D eigenvalue weighted by atomic mass is 28.3. The zero-order valence-electron chi connectivity index (χ0n) is 13.6. The Balaban J connectivity index is 1.79. The molecular weight excluding hydrogens is 264 g/mol. The van der Waals surface area contributed by atoms with Crippen molar-refractivity contribution in [2.24, 2.45) is 0 Å². The Labute approximate surface area is 124 Å². The van der Waals surface area contributed by atoms with Gasteiger partial charge < -0.3 is 9.30 Å². The average molecular weight is 295 g/mol. The van der Waals surface area contributed by atoms with E-state index in [1.54, 1.807) is 0 Å². The third-order valence-corrected chi connectivity index (χ3v) is 5.91. The average Bonchev–Trinajstić information content (AvgIpc) is 2.95. The lowest BCUT2D eigenvalue weighted by Gasteiger charge is -2.22. The summed E-state index contributed by atoms with van der Waals surface area (Å²) in [6.07, 6.45) is 4.83. The summed E-state index contributed by atoms with van der Waals surface area (Å²) < 4.78 is 8.12. The van der Waals surface area contributed by atoms with Gasteiger partial charge in [-0.15, -0.1) is 0 Å². The van der Waals surface area contributed by atoms with Crippen molar-refractivity contribution in [2.75, 3.05) is 13.2 Å². The monoisotopic (exact) mass is 294 g/mol. The highest BCUT2D eigenvalue weighted by Gasteiger charge is 2.21. The van der Waals surface area contributed by atoms with Crippen molar-refractivity contribution in [1.82, 2.24) is 9.47 Å². The molecule has 0 aromatic carbocycles. The molecule has 0 radical (unpaired) electrons. The van der Waals surface area contributed by atoms with Crippen LogP contribution >= 0.6 is 0 Å². The minimum atomic E-state index is -0.974. The molecule has 1 atom stereocenters. The molecule has 0 aliphatic carbocycles. The molecule has 0 spiro atoms. The molecule has 1 aromatic rings. The van der Waals surface area contributed by atoms with Crippen molar-refractivity contribution < 1.29 is 4.74 Å². The Morgan fingerprint density at radius 3 is 2.80 bits per heavy atom. The van der Waals surface area contributed by atoms with Gasteiger partial charge >= 0.3 is 0 Å². The topological polar surface area (TPSA) is 17.4 Å². The maximum absolute atomic E-state index is 5.87. The third kappa shape index (κ3) is 4.76. The van der Waals surface area contributed by atoms with E-state index in [0.717, 1.165) is 19.2 Å². The molecule has 114 valence electrons. The molecule has 4 heteroatoms. The van der Waals surface area contributed by atoms with Crippen molar-refractivity contribution >= 4 is 8.07 Å². The fourth-order valence-electron chi connectivity index (χ4n) is 2.70. The molecule has 0 amide bonds. The first-order valence-corrected chi connectivity index (χ1v) is 11.6. The fourth-order valence-corrected chi connectivity index (χ4v) is 3.45. The van der Waals surface area contributed by atoms with Gasteiger partial charge in [-0.2, -0.15) is 0 Å². The molecule has 1 aliphatic rings. The molecule has 0 N–H and O–H groups in total. The van der Waals surface area contributed by atoms with Gasteiger partial charge in [0, 0.05) is 39.2 Å². The first-order chi connectivity index (χ1) is 9.46. The molecule has 3 nitrogen and oxygen atoms in total. The van der Waals surface area contributed by atoms with Crippen LogP contribution in [-0.2, 0) is 18.0 Å². The number of rotatable bonds is 7. The standard InChI is InChI=1S/C16H30N2OSi/c1-15-7-5-9-17(15)13-16-8-6-10-18(16)14-19-11-12-20(2,3)4/h6,8,10,15H,5,7,9,11-14H2,1-4H3/t15-/m0/s1. The van der Waals surface area contributed by atoms with E-state index in [9.17, 15) is 0 Å². The van der Waals surface area contributed by atoms with Gasteiger partial charge in [-0.3, -0.25) is 4.90 Å². The summed E-state index contributed by atoms with van der Waals surface area (Å²) >= 11 is 0. The van der Waals surface area contributed by atoms with E-state index in [1.807, 2.05) is 0 Å². The van der Waals surface area contributed by atoms with Crippen LogP contribution in [0, 0.1) is 0 Å². The summed E-state index contributed by atoms with van der Waals surface area (Å²) in [5.74, 6) is 0. The number of likely N-dealkylation sites (tertiary alicyclic amines) is 1. The molecule has 1 fully saturated rings. The Bertz CT molecular complexity index is 411.